The smallest absolute Gasteiger partial charge is 0.146 e. The zero-order chi connectivity index (χ0) is 15.0. The Morgan fingerprint density at radius 3 is 3.10 bits per heavy atom. The van der Waals surface area contributed by atoms with Crippen molar-refractivity contribution in [3.05, 3.63) is 17.3 Å². The Bertz CT molecular complexity index is 643. The van der Waals surface area contributed by atoms with Gasteiger partial charge in [0.1, 0.15) is 16.5 Å². The number of ether oxygens (including phenoxy) is 1. The molecule has 0 bridgehead atoms. The second-order valence-corrected chi connectivity index (χ2v) is 6.91. The standard InChI is InChI=1S/C14H20N4O2S/c1-14(2)8-18(5-9(7-19)20-14)6-11-16-12(15)10-3-4-21-13(10)17-11/h3-4,9,19H,5-8H2,1-2H3,(H2,15,16,17). The van der Waals surface area contributed by atoms with E-state index in [0.29, 0.717) is 18.9 Å². The molecule has 114 valence electrons. The summed E-state index contributed by atoms with van der Waals surface area (Å²) >= 11 is 1.57. The molecule has 1 unspecified atom stereocenters. The fourth-order valence-corrected chi connectivity index (χ4v) is 3.62. The minimum Gasteiger partial charge on any atom is -0.394 e. The quantitative estimate of drug-likeness (QED) is 0.887. The molecular weight excluding hydrogens is 288 g/mol. The summed E-state index contributed by atoms with van der Waals surface area (Å²) in [5, 5.41) is 12.3. The van der Waals surface area contributed by atoms with Crippen molar-refractivity contribution in [2.45, 2.75) is 32.1 Å². The lowest BCUT2D eigenvalue weighted by Crippen LogP contribution is -2.53. The normalized spacial score (nSPS) is 22.7. The Hall–Kier alpha value is -1.28. The van der Waals surface area contributed by atoms with Crippen LogP contribution in [0.2, 0.25) is 0 Å². The molecule has 3 heterocycles. The SMILES string of the molecule is CC1(C)CN(Cc2nc(N)c3ccsc3n2)CC(CO)O1. The highest BCUT2D eigenvalue weighted by molar-refractivity contribution is 7.16. The monoisotopic (exact) mass is 308 g/mol. The van der Waals surface area contributed by atoms with Gasteiger partial charge in [-0.2, -0.15) is 0 Å². The van der Waals surface area contributed by atoms with Crippen molar-refractivity contribution >= 4 is 27.4 Å². The van der Waals surface area contributed by atoms with Crippen LogP contribution in [-0.4, -0.2) is 51.4 Å². The van der Waals surface area contributed by atoms with Crippen LogP contribution in [0.15, 0.2) is 11.4 Å². The fourth-order valence-electron chi connectivity index (χ4n) is 2.83. The zero-order valence-electron chi connectivity index (χ0n) is 12.2. The van der Waals surface area contributed by atoms with Gasteiger partial charge in [-0.1, -0.05) is 0 Å². The molecule has 7 heteroatoms. The average molecular weight is 308 g/mol. The molecule has 0 radical (unpaired) electrons. The van der Waals surface area contributed by atoms with Gasteiger partial charge in [0.2, 0.25) is 0 Å². The molecule has 6 nitrogen and oxygen atoms in total. The van der Waals surface area contributed by atoms with Crippen molar-refractivity contribution in [1.82, 2.24) is 14.9 Å². The van der Waals surface area contributed by atoms with Gasteiger partial charge in [0.15, 0.2) is 0 Å². The van der Waals surface area contributed by atoms with Crippen LogP contribution < -0.4 is 5.73 Å². The van der Waals surface area contributed by atoms with Crippen molar-refractivity contribution in [3.8, 4) is 0 Å². The molecule has 1 aliphatic heterocycles. The number of aliphatic hydroxyl groups is 1. The number of thiophene rings is 1. The van der Waals surface area contributed by atoms with E-state index >= 15 is 0 Å². The molecular formula is C14H20N4O2S. The molecule has 0 amide bonds. The van der Waals surface area contributed by atoms with Gasteiger partial charge >= 0.3 is 0 Å². The van der Waals surface area contributed by atoms with Crippen LogP contribution in [0.3, 0.4) is 0 Å². The largest absolute Gasteiger partial charge is 0.394 e. The first-order valence-electron chi connectivity index (χ1n) is 6.97. The van der Waals surface area contributed by atoms with Gasteiger partial charge < -0.3 is 15.6 Å². The summed E-state index contributed by atoms with van der Waals surface area (Å²) in [4.78, 5) is 12.1. The minimum atomic E-state index is -0.287. The molecule has 0 aliphatic carbocycles. The van der Waals surface area contributed by atoms with Crippen LogP contribution in [0, 0.1) is 0 Å². The van der Waals surface area contributed by atoms with Crippen LogP contribution >= 0.6 is 11.3 Å². The second-order valence-electron chi connectivity index (χ2n) is 6.02. The molecule has 3 N–H and O–H groups in total. The van der Waals surface area contributed by atoms with Crippen molar-refractivity contribution in [1.29, 1.82) is 0 Å². The molecule has 1 atom stereocenters. The van der Waals surface area contributed by atoms with Crippen molar-refractivity contribution in [3.63, 3.8) is 0 Å². The number of nitrogen functional groups attached to an aromatic ring is 1. The van der Waals surface area contributed by atoms with Gasteiger partial charge in [0.25, 0.3) is 0 Å². The maximum atomic E-state index is 9.36. The summed E-state index contributed by atoms with van der Waals surface area (Å²) in [5.74, 6) is 1.25. The highest BCUT2D eigenvalue weighted by Crippen LogP contribution is 2.25. The van der Waals surface area contributed by atoms with E-state index in [1.54, 1.807) is 11.3 Å². The number of aromatic nitrogens is 2. The number of aliphatic hydroxyl groups excluding tert-OH is 1. The summed E-state index contributed by atoms with van der Waals surface area (Å²) in [5.41, 5.74) is 5.70. The van der Waals surface area contributed by atoms with E-state index in [-0.39, 0.29) is 18.3 Å². The topological polar surface area (TPSA) is 84.5 Å². The van der Waals surface area contributed by atoms with E-state index in [1.165, 1.54) is 0 Å². The summed E-state index contributed by atoms with van der Waals surface area (Å²) in [7, 11) is 0. The Morgan fingerprint density at radius 2 is 2.33 bits per heavy atom. The van der Waals surface area contributed by atoms with Gasteiger partial charge in [-0.3, -0.25) is 4.90 Å². The molecule has 0 aromatic carbocycles. The average Bonchev–Trinajstić information content (AvgIpc) is 2.85. The Kier molecular flexibility index (Phi) is 3.83. The molecule has 1 aliphatic rings. The number of fused-ring (bicyclic) bond motifs is 1. The molecule has 21 heavy (non-hydrogen) atoms. The third-order valence-corrected chi connectivity index (χ3v) is 4.33. The number of morpholine rings is 1. The van der Waals surface area contributed by atoms with E-state index in [0.717, 1.165) is 22.6 Å². The summed E-state index contributed by atoms with van der Waals surface area (Å²) < 4.78 is 5.82. The highest BCUT2D eigenvalue weighted by Gasteiger charge is 2.33. The molecule has 1 saturated heterocycles. The number of rotatable bonds is 3. The van der Waals surface area contributed by atoms with Crippen molar-refractivity contribution in [2.75, 3.05) is 25.4 Å². The molecule has 0 saturated carbocycles. The van der Waals surface area contributed by atoms with Crippen LogP contribution in [-0.2, 0) is 11.3 Å². The molecule has 2 aromatic rings. The summed E-state index contributed by atoms with van der Waals surface area (Å²) in [6, 6.07) is 1.94. The lowest BCUT2D eigenvalue weighted by Gasteiger charge is -2.42. The third-order valence-electron chi connectivity index (χ3n) is 3.52. The lowest BCUT2D eigenvalue weighted by atomic mass is 10.1. The van der Waals surface area contributed by atoms with Crippen LogP contribution in [0.4, 0.5) is 5.82 Å². The van der Waals surface area contributed by atoms with E-state index in [9.17, 15) is 5.11 Å². The van der Waals surface area contributed by atoms with E-state index in [1.807, 2.05) is 25.3 Å². The third kappa shape index (κ3) is 3.16. The fraction of sp³-hybridized carbons (Fsp3) is 0.571. The highest BCUT2D eigenvalue weighted by atomic mass is 32.1. The van der Waals surface area contributed by atoms with Gasteiger partial charge in [-0.25, -0.2) is 9.97 Å². The van der Waals surface area contributed by atoms with Gasteiger partial charge in [-0.05, 0) is 25.3 Å². The first kappa shape index (κ1) is 14.6. The summed E-state index contributed by atoms with van der Waals surface area (Å²) in [6.45, 7) is 6.13. The lowest BCUT2D eigenvalue weighted by molar-refractivity contribution is -0.151. The zero-order valence-corrected chi connectivity index (χ0v) is 13.1. The predicted molar refractivity (Wildman–Crippen MR) is 83.1 cm³/mol. The van der Waals surface area contributed by atoms with E-state index < -0.39 is 0 Å². The number of nitrogens with zero attached hydrogens (tertiary/aromatic N) is 3. The molecule has 2 aromatic heterocycles. The maximum absolute atomic E-state index is 9.36. The molecule has 0 spiro atoms. The Morgan fingerprint density at radius 1 is 1.52 bits per heavy atom. The predicted octanol–water partition coefficient (Wildman–Crippen LogP) is 1.25. The van der Waals surface area contributed by atoms with Gasteiger partial charge in [0, 0.05) is 13.1 Å². The van der Waals surface area contributed by atoms with E-state index in [2.05, 4.69) is 14.9 Å². The first-order valence-corrected chi connectivity index (χ1v) is 7.85. The van der Waals surface area contributed by atoms with Gasteiger partial charge in [0.05, 0.1) is 30.2 Å². The minimum absolute atomic E-state index is 0.0207. The second kappa shape index (κ2) is 5.49. The number of hydrogen-bond acceptors (Lipinski definition) is 7. The number of hydrogen-bond donors (Lipinski definition) is 2. The maximum Gasteiger partial charge on any atom is 0.146 e. The van der Waals surface area contributed by atoms with Crippen LogP contribution in [0.25, 0.3) is 10.2 Å². The summed E-state index contributed by atoms with van der Waals surface area (Å²) in [6.07, 6.45) is -0.170. The van der Waals surface area contributed by atoms with Crippen LogP contribution in [0.5, 0.6) is 0 Å². The number of anilines is 1. The number of nitrogens with two attached hydrogens (primary N) is 1. The van der Waals surface area contributed by atoms with Gasteiger partial charge in [-0.15, -0.1) is 11.3 Å². The Balaban J connectivity index is 1.80. The van der Waals surface area contributed by atoms with E-state index in [4.69, 9.17) is 10.5 Å². The van der Waals surface area contributed by atoms with Crippen molar-refractivity contribution in [2.24, 2.45) is 0 Å². The molecule has 1 fully saturated rings. The Labute approximate surface area is 127 Å². The first-order chi connectivity index (χ1) is 9.97. The van der Waals surface area contributed by atoms with Crippen LogP contribution in [0.1, 0.15) is 19.7 Å². The van der Waals surface area contributed by atoms with Crippen molar-refractivity contribution < 1.29 is 9.84 Å². The molecule has 3 rings (SSSR count).